The van der Waals surface area contributed by atoms with Gasteiger partial charge in [-0.1, -0.05) is 19.4 Å². The molecule has 0 spiro atoms. The molecule has 0 radical (unpaired) electrons. The molecule has 1 aromatic rings. The van der Waals surface area contributed by atoms with Crippen LogP contribution >= 0.6 is 15.9 Å². The number of hydrogen-bond donors (Lipinski definition) is 1. The number of rotatable bonds is 5. The molecule has 3 heteroatoms. The van der Waals surface area contributed by atoms with Crippen molar-refractivity contribution >= 4 is 15.9 Å². The van der Waals surface area contributed by atoms with Gasteiger partial charge in [-0.2, -0.15) is 0 Å². The van der Waals surface area contributed by atoms with Crippen molar-refractivity contribution in [3.63, 3.8) is 0 Å². The van der Waals surface area contributed by atoms with E-state index in [0.717, 1.165) is 16.6 Å². The maximum absolute atomic E-state index is 5.21. The minimum absolute atomic E-state index is 0.428. The second kappa shape index (κ2) is 6.13. The Morgan fingerprint density at radius 2 is 2.20 bits per heavy atom. The van der Waals surface area contributed by atoms with E-state index in [2.05, 4.69) is 40.3 Å². The van der Waals surface area contributed by atoms with Crippen molar-refractivity contribution in [2.45, 2.75) is 25.8 Å². The molecule has 1 aromatic carbocycles. The first-order valence-electron chi connectivity index (χ1n) is 5.23. The van der Waals surface area contributed by atoms with Crippen LogP contribution in [0, 0.1) is 0 Å². The fourth-order valence-corrected chi connectivity index (χ4v) is 2.22. The molecule has 0 amide bonds. The second-order valence-corrected chi connectivity index (χ2v) is 4.38. The monoisotopic (exact) mass is 271 g/mol. The summed E-state index contributed by atoms with van der Waals surface area (Å²) >= 11 is 3.50. The molecule has 0 aliphatic rings. The molecule has 84 valence electrons. The van der Waals surface area contributed by atoms with Crippen LogP contribution in [0.25, 0.3) is 0 Å². The number of benzene rings is 1. The molecule has 0 saturated carbocycles. The first-order valence-corrected chi connectivity index (χ1v) is 6.03. The Morgan fingerprint density at radius 1 is 1.47 bits per heavy atom. The van der Waals surface area contributed by atoms with Gasteiger partial charge in [0.2, 0.25) is 0 Å². The first-order chi connectivity index (χ1) is 7.22. The Balaban J connectivity index is 2.89. The molecule has 15 heavy (non-hydrogen) atoms. The van der Waals surface area contributed by atoms with Gasteiger partial charge in [-0.15, -0.1) is 0 Å². The van der Waals surface area contributed by atoms with Gasteiger partial charge in [0.15, 0.2) is 0 Å². The van der Waals surface area contributed by atoms with Gasteiger partial charge in [-0.3, -0.25) is 0 Å². The van der Waals surface area contributed by atoms with Crippen molar-refractivity contribution in [2.24, 2.45) is 0 Å². The molecule has 0 bridgehead atoms. The predicted octanol–water partition coefficient (Wildman–Crippen LogP) is 3.52. The predicted molar refractivity (Wildman–Crippen MR) is 67.4 cm³/mol. The summed E-state index contributed by atoms with van der Waals surface area (Å²) in [5, 5.41) is 3.32. The summed E-state index contributed by atoms with van der Waals surface area (Å²) in [5.74, 6) is 0.880. The third-order valence-electron chi connectivity index (χ3n) is 2.50. The van der Waals surface area contributed by atoms with Gasteiger partial charge >= 0.3 is 0 Å². The average molecular weight is 272 g/mol. The van der Waals surface area contributed by atoms with Crippen molar-refractivity contribution in [3.8, 4) is 5.75 Å². The van der Waals surface area contributed by atoms with E-state index in [4.69, 9.17) is 4.74 Å². The maximum Gasteiger partial charge on any atom is 0.133 e. The van der Waals surface area contributed by atoms with E-state index in [-0.39, 0.29) is 0 Å². The van der Waals surface area contributed by atoms with E-state index < -0.39 is 0 Å². The highest BCUT2D eigenvalue weighted by Gasteiger charge is 2.09. The van der Waals surface area contributed by atoms with Crippen molar-refractivity contribution in [1.82, 2.24) is 5.32 Å². The van der Waals surface area contributed by atoms with E-state index in [1.807, 2.05) is 13.1 Å². The fraction of sp³-hybridized carbons (Fsp3) is 0.500. The molecule has 0 fully saturated rings. The molecule has 2 nitrogen and oxygen atoms in total. The summed E-state index contributed by atoms with van der Waals surface area (Å²) in [6, 6.07) is 6.66. The lowest BCUT2D eigenvalue weighted by atomic mass is 10.0. The normalized spacial score (nSPS) is 12.5. The van der Waals surface area contributed by atoms with Gasteiger partial charge in [0.05, 0.1) is 11.6 Å². The molecule has 1 atom stereocenters. The van der Waals surface area contributed by atoms with Gasteiger partial charge in [-0.25, -0.2) is 0 Å². The molecule has 0 aromatic heterocycles. The van der Waals surface area contributed by atoms with Crippen molar-refractivity contribution < 1.29 is 4.74 Å². The number of ether oxygens (including phenoxy) is 1. The SMILES string of the molecule is CCCC(NC)c1ccc(OC)c(Br)c1. The van der Waals surface area contributed by atoms with Gasteiger partial charge in [0.25, 0.3) is 0 Å². The summed E-state index contributed by atoms with van der Waals surface area (Å²) in [4.78, 5) is 0. The van der Waals surface area contributed by atoms with Gasteiger partial charge in [0.1, 0.15) is 5.75 Å². The minimum Gasteiger partial charge on any atom is -0.496 e. The van der Waals surface area contributed by atoms with E-state index in [1.54, 1.807) is 7.11 Å². The lowest BCUT2D eigenvalue weighted by molar-refractivity contribution is 0.411. The Labute approximate surface area is 100 Å². The van der Waals surface area contributed by atoms with E-state index in [9.17, 15) is 0 Å². The molecule has 0 aliphatic carbocycles. The molecular formula is C12H18BrNO. The topological polar surface area (TPSA) is 21.3 Å². The molecule has 1 unspecified atom stereocenters. The van der Waals surface area contributed by atoms with Gasteiger partial charge < -0.3 is 10.1 Å². The van der Waals surface area contributed by atoms with Crippen LogP contribution in [0.1, 0.15) is 31.4 Å². The maximum atomic E-state index is 5.21. The van der Waals surface area contributed by atoms with Crippen LogP contribution in [0.15, 0.2) is 22.7 Å². The lowest BCUT2D eigenvalue weighted by Crippen LogP contribution is -2.15. The zero-order valence-corrected chi connectivity index (χ0v) is 11.1. The molecular weight excluding hydrogens is 254 g/mol. The molecule has 1 rings (SSSR count). The first kappa shape index (κ1) is 12.5. The number of nitrogens with one attached hydrogen (secondary N) is 1. The largest absolute Gasteiger partial charge is 0.496 e. The minimum atomic E-state index is 0.428. The van der Waals surface area contributed by atoms with Gasteiger partial charge in [0, 0.05) is 6.04 Å². The highest BCUT2D eigenvalue weighted by molar-refractivity contribution is 9.10. The third-order valence-corrected chi connectivity index (χ3v) is 3.12. The van der Waals surface area contributed by atoms with Crippen LogP contribution in [-0.4, -0.2) is 14.2 Å². The number of methoxy groups -OCH3 is 1. The van der Waals surface area contributed by atoms with Crippen molar-refractivity contribution in [2.75, 3.05) is 14.2 Å². The summed E-state index contributed by atoms with van der Waals surface area (Å²) < 4.78 is 6.22. The standard InChI is InChI=1S/C12H18BrNO/c1-4-5-11(14-2)9-6-7-12(15-3)10(13)8-9/h6-8,11,14H,4-5H2,1-3H3. The lowest BCUT2D eigenvalue weighted by Gasteiger charge is -2.16. The Kier molecular flexibility index (Phi) is 5.12. The third kappa shape index (κ3) is 3.21. The van der Waals surface area contributed by atoms with Gasteiger partial charge in [-0.05, 0) is 47.1 Å². The van der Waals surface area contributed by atoms with Crippen LogP contribution in [0.2, 0.25) is 0 Å². The van der Waals surface area contributed by atoms with Crippen LogP contribution < -0.4 is 10.1 Å². The highest BCUT2D eigenvalue weighted by atomic mass is 79.9. The number of halogens is 1. The quantitative estimate of drug-likeness (QED) is 0.885. The van der Waals surface area contributed by atoms with Crippen LogP contribution in [0.4, 0.5) is 0 Å². The average Bonchev–Trinajstić information content (AvgIpc) is 2.25. The van der Waals surface area contributed by atoms with Crippen molar-refractivity contribution in [3.05, 3.63) is 28.2 Å². The van der Waals surface area contributed by atoms with E-state index in [0.29, 0.717) is 6.04 Å². The highest BCUT2D eigenvalue weighted by Crippen LogP contribution is 2.29. The van der Waals surface area contributed by atoms with Crippen molar-refractivity contribution in [1.29, 1.82) is 0 Å². The summed E-state index contributed by atoms with van der Waals surface area (Å²) in [6.07, 6.45) is 2.32. The van der Waals surface area contributed by atoms with Crippen LogP contribution in [0.5, 0.6) is 5.75 Å². The molecule has 1 N–H and O–H groups in total. The zero-order chi connectivity index (χ0) is 11.3. The molecule has 0 saturated heterocycles. The summed E-state index contributed by atoms with van der Waals surface area (Å²) in [6.45, 7) is 2.20. The van der Waals surface area contributed by atoms with E-state index in [1.165, 1.54) is 12.0 Å². The van der Waals surface area contributed by atoms with Crippen LogP contribution in [-0.2, 0) is 0 Å². The zero-order valence-electron chi connectivity index (χ0n) is 9.51. The van der Waals surface area contributed by atoms with Crippen LogP contribution in [0.3, 0.4) is 0 Å². The second-order valence-electron chi connectivity index (χ2n) is 3.52. The Hall–Kier alpha value is -0.540. The number of hydrogen-bond acceptors (Lipinski definition) is 2. The Morgan fingerprint density at radius 3 is 2.67 bits per heavy atom. The molecule has 0 aliphatic heterocycles. The summed E-state index contributed by atoms with van der Waals surface area (Å²) in [5.41, 5.74) is 1.30. The Bertz CT molecular complexity index is 314. The summed E-state index contributed by atoms with van der Waals surface area (Å²) in [7, 11) is 3.68. The smallest absolute Gasteiger partial charge is 0.133 e. The fourth-order valence-electron chi connectivity index (χ4n) is 1.67. The van der Waals surface area contributed by atoms with E-state index >= 15 is 0 Å². The molecule has 0 heterocycles.